The number of anilines is 1. The van der Waals surface area contributed by atoms with Gasteiger partial charge >= 0.3 is 6.18 Å². The third-order valence-corrected chi connectivity index (χ3v) is 4.36. The smallest absolute Gasteiger partial charge is 0.356 e. The van der Waals surface area contributed by atoms with Crippen LogP contribution in [0.5, 0.6) is 0 Å². The van der Waals surface area contributed by atoms with E-state index < -0.39 is 11.7 Å². The first-order valence-electron chi connectivity index (χ1n) is 7.76. The predicted molar refractivity (Wildman–Crippen MR) is 92.9 cm³/mol. The van der Waals surface area contributed by atoms with Crippen molar-refractivity contribution in [1.29, 1.82) is 0 Å². The van der Waals surface area contributed by atoms with Gasteiger partial charge in [0.05, 0.1) is 11.6 Å². The molecule has 126 valence electrons. The van der Waals surface area contributed by atoms with Crippen molar-refractivity contribution >= 4 is 23.0 Å². The number of aryl methyl sites for hydroxylation is 1. The lowest BCUT2D eigenvalue weighted by Crippen LogP contribution is -2.34. The van der Waals surface area contributed by atoms with Gasteiger partial charge in [0.1, 0.15) is 0 Å². The highest BCUT2D eigenvalue weighted by Crippen LogP contribution is 2.31. The second-order valence-electron chi connectivity index (χ2n) is 5.82. The van der Waals surface area contributed by atoms with Crippen LogP contribution in [0.1, 0.15) is 35.6 Å². The molecule has 24 heavy (non-hydrogen) atoms. The summed E-state index contributed by atoms with van der Waals surface area (Å²) in [5.41, 5.74) is 2.41. The van der Waals surface area contributed by atoms with E-state index in [0.29, 0.717) is 10.8 Å². The lowest BCUT2D eigenvalue weighted by molar-refractivity contribution is -0.137. The second kappa shape index (κ2) is 6.81. The zero-order valence-electron chi connectivity index (χ0n) is 12.9. The number of alkyl halides is 3. The van der Waals surface area contributed by atoms with Crippen LogP contribution in [0.2, 0.25) is 0 Å². The van der Waals surface area contributed by atoms with Gasteiger partial charge in [0.25, 0.3) is 0 Å². The summed E-state index contributed by atoms with van der Waals surface area (Å²) in [6.07, 6.45) is -1.21. The van der Waals surface area contributed by atoms with Crippen LogP contribution in [0.3, 0.4) is 0 Å². The van der Waals surface area contributed by atoms with Crippen molar-refractivity contribution in [2.24, 2.45) is 0 Å². The van der Waals surface area contributed by atoms with Gasteiger partial charge in [0.15, 0.2) is 5.11 Å². The summed E-state index contributed by atoms with van der Waals surface area (Å²) >= 11 is 5.31. The van der Waals surface area contributed by atoms with Crippen LogP contribution in [0.15, 0.2) is 48.5 Å². The number of benzene rings is 2. The normalized spacial score (nSPS) is 17.0. The molecule has 0 aliphatic heterocycles. The molecular formula is C18H17F3N2S. The third-order valence-electron chi connectivity index (χ3n) is 4.14. The number of fused-ring (bicyclic) bond motifs is 1. The largest absolute Gasteiger partial charge is 0.416 e. The third kappa shape index (κ3) is 3.87. The molecule has 2 nitrogen and oxygen atoms in total. The second-order valence-corrected chi connectivity index (χ2v) is 6.23. The first-order chi connectivity index (χ1) is 11.4. The molecule has 1 aliphatic carbocycles. The van der Waals surface area contributed by atoms with Gasteiger partial charge < -0.3 is 10.6 Å². The minimum atomic E-state index is -4.33. The summed E-state index contributed by atoms with van der Waals surface area (Å²) < 4.78 is 37.7. The Bertz CT molecular complexity index is 726. The van der Waals surface area contributed by atoms with Crippen LogP contribution < -0.4 is 10.6 Å². The Morgan fingerprint density at radius 3 is 2.46 bits per heavy atom. The Balaban J connectivity index is 1.64. The Morgan fingerprint density at radius 1 is 1.04 bits per heavy atom. The van der Waals surface area contributed by atoms with Crippen molar-refractivity contribution in [2.45, 2.75) is 31.5 Å². The van der Waals surface area contributed by atoms with Crippen molar-refractivity contribution in [3.63, 3.8) is 0 Å². The van der Waals surface area contributed by atoms with Crippen molar-refractivity contribution in [3.05, 3.63) is 65.2 Å². The molecule has 3 rings (SSSR count). The quantitative estimate of drug-likeness (QED) is 0.740. The molecule has 1 aliphatic rings. The zero-order chi connectivity index (χ0) is 17.2. The number of hydrogen-bond donors (Lipinski definition) is 2. The summed E-state index contributed by atoms with van der Waals surface area (Å²) in [6.45, 7) is 0. The van der Waals surface area contributed by atoms with E-state index in [1.807, 2.05) is 12.1 Å². The molecule has 0 amide bonds. The molecule has 0 spiro atoms. The monoisotopic (exact) mass is 350 g/mol. The Kier molecular flexibility index (Phi) is 4.76. The lowest BCUT2D eigenvalue weighted by Gasteiger charge is -2.27. The van der Waals surface area contributed by atoms with Crippen molar-refractivity contribution in [3.8, 4) is 0 Å². The molecule has 6 heteroatoms. The van der Waals surface area contributed by atoms with Gasteiger partial charge in [0.2, 0.25) is 0 Å². The first kappa shape index (κ1) is 16.8. The summed E-state index contributed by atoms with van der Waals surface area (Å²) in [5.74, 6) is 0. The van der Waals surface area contributed by atoms with Gasteiger partial charge in [-0.2, -0.15) is 13.2 Å². The summed E-state index contributed by atoms with van der Waals surface area (Å²) in [6, 6.07) is 13.2. The fourth-order valence-corrected chi connectivity index (χ4v) is 3.23. The van der Waals surface area contributed by atoms with Crippen molar-refractivity contribution in [2.75, 3.05) is 5.32 Å². The topological polar surface area (TPSA) is 24.1 Å². The molecule has 0 radical (unpaired) electrons. The minimum Gasteiger partial charge on any atom is -0.356 e. The van der Waals surface area contributed by atoms with Gasteiger partial charge in [-0.05, 0) is 66.9 Å². The Hall–Kier alpha value is -2.08. The Labute approximate surface area is 144 Å². The molecular weight excluding hydrogens is 333 g/mol. The predicted octanol–water partition coefficient (Wildman–Crippen LogP) is 5.07. The SMILES string of the molecule is FC(F)(F)c1ccc(NC(=S)N[C@H]2CCCc3ccccc32)cc1. The highest BCUT2D eigenvalue weighted by atomic mass is 32.1. The number of rotatable bonds is 2. The van der Waals surface area contributed by atoms with E-state index in [-0.39, 0.29) is 6.04 Å². The average molecular weight is 350 g/mol. The minimum absolute atomic E-state index is 0.129. The van der Waals surface area contributed by atoms with Gasteiger partial charge in [-0.25, -0.2) is 0 Å². The van der Waals surface area contributed by atoms with E-state index in [1.165, 1.54) is 23.3 Å². The van der Waals surface area contributed by atoms with Gasteiger partial charge in [-0.3, -0.25) is 0 Å². The molecule has 2 aromatic rings. The van der Waals surface area contributed by atoms with Crippen LogP contribution >= 0.6 is 12.2 Å². The molecule has 1 atom stereocenters. The first-order valence-corrected chi connectivity index (χ1v) is 8.17. The highest BCUT2D eigenvalue weighted by molar-refractivity contribution is 7.80. The van der Waals surface area contributed by atoms with Gasteiger partial charge in [-0.1, -0.05) is 24.3 Å². The number of thiocarbonyl (C=S) groups is 1. The van der Waals surface area contributed by atoms with Gasteiger partial charge in [0, 0.05) is 5.69 Å². The number of halogens is 3. The molecule has 0 fully saturated rings. The van der Waals surface area contributed by atoms with Crippen LogP contribution in [-0.2, 0) is 12.6 Å². The van der Waals surface area contributed by atoms with E-state index in [2.05, 4.69) is 22.8 Å². The van der Waals surface area contributed by atoms with Crippen molar-refractivity contribution < 1.29 is 13.2 Å². The average Bonchev–Trinajstić information content (AvgIpc) is 2.55. The molecule has 0 saturated carbocycles. The van der Waals surface area contributed by atoms with Crippen LogP contribution in [0.4, 0.5) is 18.9 Å². The zero-order valence-corrected chi connectivity index (χ0v) is 13.7. The number of hydrogen-bond acceptors (Lipinski definition) is 1. The van der Waals surface area contributed by atoms with E-state index in [0.717, 1.165) is 31.4 Å². The molecule has 2 N–H and O–H groups in total. The highest BCUT2D eigenvalue weighted by Gasteiger charge is 2.30. The fraction of sp³-hybridized carbons (Fsp3) is 0.278. The fourth-order valence-electron chi connectivity index (χ4n) is 2.97. The summed E-state index contributed by atoms with van der Waals surface area (Å²) in [7, 11) is 0. The van der Waals surface area contributed by atoms with Gasteiger partial charge in [-0.15, -0.1) is 0 Å². The molecule has 0 heterocycles. The molecule has 2 aromatic carbocycles. The van der Waals surface area contributed by atoms with E-state index in [9.17, 15) is 13.2 Å². The Morgan fingerprint density at radius 2 is 1.75 bits per heavy atom. The van der Waals surface area contributed by atoms with Crippen molar-refractivity contribution in [1.82, 2.24) is 5.32 Å². The summed E-state index contributed by atoms with van der Waals surface area (Å²) in [4.78, 5) is 0. The standard InChI is InChI=1S/C18H17F3N2S/c19-18(20,21)13-8-10-14(11-9-13)22-17(24)23-16-7-3-5-12-4-1-2-6-15(12)16/h1-2,4,6,8-11,16H,3,5,7H2,(H2,22,23,24)/t16-/m0/s1. The maximum absolute atomic E-state index is 12.6. The van der Waals surface area contributed by atoms with E-state index >= 15 is 0 Å². The number of nitrogens with one attached hydrogen (secondary N) is 2. The molecule has 0 aromatic heterocycles. The maximum Gasteiger partial charge on any atom is 0.416 e. The molecule has 0 saturated heterocycles. The lowest BCUT2D eigenvalue weighted by atomic mass is 9.88. The molecule has 0 unspecified atom stereocenters. The summed E-state index contributed by atoms with van der Waals surface area (Å²) in [5, 5.41) is 6.63. The van der Waals surface area contributed by atoms with Crippen LogP contribution in [0.25, 0.3) is 0 Å². The maximum atomic E-state index is 12.6. The van der Waals surface area contributed by atoms with E-state index in [4.69, 9.17) is 12.2 Å². The molecule has 0 bridgehead atoms. The van der Waals surface area contributed by atoms with Crippen LogP contribution in [-0.4, -0.2) is 5.11 Å². The van der Waals surface area contributed by atoms with Crippen LogP contribution in [0, 0.1) is 0 Å². The van der Waals surface area contributed by atoms with E-state index in [1.54, 1.807) is 0 Å².